The Bertz CT molecular complexity index is 307. The Morgan fingerprint density at radius 1 is 1.10 bits per heavy atom. The standard InChI is InChI=1S/C15H29N3O.2ClH/c1-12(2)17-7-9-18(10-8-17)15(19)11-13-5-3-4-6-14(13)16;;/h12-14H,3-11,16H2,1-2H3;2*1H. The van der Waals surface area contributed by atoms with Crippen LogP contribution in [-0.2, 0) is 4.79 Å². The van der Waals surface area contributed by atoms with Crippen molar-refractivity contribution in [2.24, 2.45) is 11.7 Å². The summed E-state index contributed by atoms with van der Waals surface area (Å²) in [5, 5.41) is 0. The van der Waals surface area contributed by atoms with E-state index >= 15 is 0 Å². The summed E-state index contributed by atoms with van der Waals surface area (Å²) in [4.78, 5) is 16.8. The van der Waals surface area contributed by atoms with Gasteiger partial charge in [0.05, 0.1) is 0 Å². The predicted molar refractivity (Wildman–Crippen MR) is 92.3 cm³/mol. The maximum atomic E-state index is 12.3. The summed E-state index contributed by atoms with van der Waals surface area (Å²) < 4.78 is 0. The highest BCUT2D eigenvalue weighted by atomic mass is 35.5. The van der Waals surface area contributed by atoms with Crippen molar-refractivity contribution in [3.8, 4) is 0 Å². The van der Waals surface area contributed by atoms with Crippen LogP contribution in [0.2, 0.25) is 0 Å². The lowest BCUT2D eigenvalue weighted by molar-refractivity contribution is -0.134. The average Bonchev–Trinajstić information content (AvgIpc) is 2.41. The molecule has 2 fully saturated rings. The third kappa shape index (κ3) is 5.93. The van der Waals surface area contributed by atoms with Crippen molar-refractivity contribution in [1.82, 2.24) is 9.80 Å². The Balaban J connectivity index is 0.00000200. The van der Waals surface area contributed by atoms with E-state index in [-0.39, 0.29) is 30.9 Å². The lowest BCUT2D eigenvalue weighted by Crippen LogP contribution is -2.51. The molecule has 126 valence electrons. The smallest absolute Gasteiger partial charge is 0.222 e. The molecule has 6 heteroatoms. The third-order valence-electron chi connectivity index (χ3n) is 4.80. The molecule has 2 unspecified atom stereocenters. The summed E-state index contributed by atoms with van der Waals surface area (Å²) in [5.74, 6) is 0.745. The molecule has 2 aliphatic rings. The molecule has 0 spiro atoms. The number of amides is 1. The second kappa shape index (κ2) is 9.88. The lowest BCUT2D eigenvalue weighted by atomic mass is 9.82. The van der Waals surface area contributed by atoms with Gasteiger partial charge in [-0.15, -0.1) is 24.8 Å². The number of piperazine rings is 1. The van der Waals surface area contributed by atoms with Crippen molar-refractivity contribution in [3.05, 3.63) is 0 Å². The highest BCUT2D eigenvalue weighted by molar-refractivity contribution is 5.85. The van der Waals surface area contributed by atoms with Gasteiger partial charge in [0.25, 0.3) is 0 Å². The first-order chi connectivity index (χ1) is 9.08. The van der Waals surface area contributed by atoms with E-state index in [0.29, 0.717) is 24.3 Å². The van der Waals surface area contributed by atoms with E-state index in [9.17, 15) is 4.79 Å². The Morgan fingerprint density at radius 2 is 1.67 bits per heavy atom. The predicted octanol–water partition coefficient (Wildman–Crippen LogP) is 2.29. The molecule has 21 heavy (non-hydrogen) atoms. The number of hydrogen-bond acceptors (Lipinski definition) is 3. The summed E-state index contributed by atoms with van der Waals surface area (Å²) in [7, 11) is 0. The molecule has 1 saturated heterocycles. The Hall–Kier alpha value is -0.0300. The SMILES string of the molecule is CC(C)N1CCN(C(=O)CC2CCCCC2N)CC1.Cl.Cl. The second-order valence-corrected chi connectivity index (χ2v) is 6.42. The number of carbonyl (C=O) groups excluding carboxylic acids is 1. The summed E-state index contributed by atoms with van der Waals surface area (Å²) >= 11 is 0. The van der Waals surface area contributed by atoms with E-state index in [4.69, 9.17) is 5.73 Å². The van der Waals surface area contributed by atoms with Crippen LogP contribution in [0.25, 0.3) is 0 Å². The van der Waals surface area contributed by atoms with Crippen LogP contribution in [0.4, 0.5) is 0 Å². The van der Waals surface area contributed by atoms with Crippen molar-refractivity contribution >= 4 is 30.7 Å². The maximum absolute atomic E-state index is 12.3. The number of carbonyl (C=O) groups is 1. The van der Waals surface area contributed by atoms with Gasteiger partial charge in [0.1, 0.15) is 0 Å². The molecule has 0 radical (unpaired) electrons. The molecule has 1 aliphatic heterocycles. The van der Waals surface area contributed by atoms with Crippen molar-refractivity contribution < 1.29 is 4.79 Å². The van der Waals surface area contributed by atoms with Crippen molar-refractivity contribution in [3.63, 3.8) is 0 Å². The normalized spacial score (nSPS) is 27.0. The Kier molecular flexibility index (Phi) is 9.87. The molecule has 0 aromatic carbocycles. The van der Waals surface area contributed by atoms with Crippen LogP contribution in [0.1, 0.15) is 46.0 Å². The molecule has 2 atom stereocenters. The molecule has 4 nitrogen and oxygen atoms in total. The number of nitrogens with two attached hydrogens (primary N) is 1. The van der Waals surface area contributed by atoms with Crippen LogP contribution in [0, 0.1) is 5.92 Å². The summed E-state index contributed by atoms with van der Waals surface area (Å²) in [5.41, 5.74) is 6.14. The molecule has 1 heterocycles. The monoisotopic (exact) mass is 339 g/mol. The fourth-order valence-electron chi connectivity index (χ4n) is 3.33. The van der Waals surface area contributed by atoms with Gasteiger partial charge in [0.15, 0.2) is 0 Å². The van der Waals surface area contributed by atoms with E-state index in [0.717, 1.165) is 39.0 Å². The van der Waals surface area contributed by atoms with E-state index in [1.807, 2.05) is 4.90 Å². The zero-order valence-electron chi connectivity index (χ0n) is 13.3. The van der Waals surface area contributed by atoms with E-state index < -0.39 is 0 Å². The van der Waals surface area contributed by atoms with Gasteiger partial charge >= 0.3 is 0 Å². The topological polar surface area (TPSA) is 49.6 Å². The minimum absolute atomic E-state index is 0. The first-order valence-electron chi connectivity index (χ1n) is 7.85. The van der Waals surface area contributed by atoms with Crippen LogP contribution in [-0.4, -0.2) is 54.0 Å². The van der Waals surface area contributed by atoms with Crippen LogP contribution in [0.5, 0.6) is 0 Å². The van der Waals surface area contributed by atoms with Gasteiger partial charge in [-0.05, 0) is 32.6 Å². The minimum Gasteiger partial charge on any atom is -0.340 e. The largest absolute Gasteiger partial charge is 0.340 e. The highest BCUT2D eigenvalue weighted by Gasteiger charge is 2.28. The molecule has 1 saturated carbocycles. The van der Waals surface area contributed by atoms with E-state index in [1.165, 1.54) is 12.8 Å². The van der Waals surface area contributed by atoms with Gasteiger partial charge in [-0.3, -0.25) is 9.69 Å². The quantitative estimate of drug-likeness (QED) is 0.858. The molecule has 0 aromatic rings. The van der Waals surface area contributed by atoms with Gasteiger partial charge in [-0.25, -0.2) is 0 Å². The van der Waals surface area contributed by atoms with E-state index in [2.05, 4.69) is 18.7 Å². The van der Waals surface area contributed by atoms with Crippen LogP contribution in [0.15, 0.2) is 0 Å². The molecular weight excluding hydrogens is 309 g/mol. The first-order valence-corrected chi connectivity index (χ1v) is 7.85. The first kappa shape index (κ1) is 21.0. The van der Waals surface area contributed by atoms with E-state index in [1.54, 1.807) is 0 Å². The van der Waals surface area contributed by atoms with Crippen molar-refractivity contribution in [1.29, 1.82) is 0 Å². The third-order valence-corrected chi connectivity index (χ3v) is 4.80. The number of rotatable bonds is 3. The fourth-order valence-corrected chi connectivity index (χ4v) is 3.33. The molecule has 1 aliphatic carbocycles. The molecule has 0 bridgehead atoms. The fraction of sp³-hybridized carbons (Fsp3) is 0.933. The number of nitrogens with zero attached hydrogens (tertiary/aromatic N) is 2. The molecule has 1 amide bonds. The highest BCUT2D eigenvalue weighted by Crippen LogP contribution is 2.26. The molecule has 2 N–H and O–H groups in total. The van der Waals surface area contributed by atoms with Gasteiger partial charge < -0.3 is 10.6 Å². The van der Waals surface area contributed by atoms with Crippen LogP contribution >= 0.6 is 24.8 Å². The molecule has 0 aromatic heterocycles. The van der Waals surface area contributed by atoms with Crippen molar-refractivity contribution in [2.75, 3.05) is 26.2 Å². The summed E-state index contributed by atoms with van der Waals surface area (Å²) in [6.45, 7) is 8.25. The van der Waals surface area contributed by atoms with Gasteiger partial charge in [-0.1, -0.05) is 12.8 Å². The molecular formula is C15H31Cl2N3O. The van der Waals surface area contributed by atoms with Gasteiger partial charge in [0.2, 0.25) is 5.91 Å². The summed E-state index contributed by atoms with van der Waals surface area (Å²) in [6.07, 6.45) is 5.38. The molecule has 2 rings (SSSR count). The Labute approximate surface area is 141 Å². The van der Waals surface area contributed by atoms with Crippen molar-refractivity contribution in [2.45, 2.75) is 58.0 Å². The Morgan fingerprint density at radius 3 is 2.19 bits per heavy atom. The van der Waals surface area contributed by atoms with Gasteiger partial charge in [-0.2, -0.15) is 0 Å². The van der Waals surface area contributed by atoms with Crippen LogP contribution < -0.4 is 5.73 Å². The summed E-state index contributed by atoms with van der Waals surface area (Å²) in [6, 6.07) is 0.832. The zero-order valence-corrected chi connectivity index (χ0v) is 14.9. The average molecular weight is 340 g/mol. The zero-order chi connectivity index (χ0) is 13.8. The minimum atomic E-state index is 0. The lowest BCUT2D eigenvalue weighted by Gasteiger charge is -2.38. The van der Waals surface area contributed by atoms with Crippen LogP contribution in [0.3, 0.4) is 0 Å². The maximum Gasteiger partial charge on any atom is 0.222 e. The number of hydrogen-bond donors (Lipinski definition) is 1. The number of halogens is 2. The second-order valence-electron chi connectivity index (χ2n) is 6.42. The van der Waals surface area contributed by atoms with Gasteiger partial charge in [0, 0.05) is 44.7 Å².